The molecule has 1 aliphatic rings. The molecular weight excluding hydrogens is 309 g/mol. The summed E-state index contributed by atoms with van der Waals surface area (Å²) < 4.78 is 19.0. The van der Waals surface area contributed by atoms with E-state index in [0.29, 0.717) is 31.4 Å². The lowest BCUT2D eigenvalue weighted by atomic mass is 10.0. The van der Waals surface area contributed by atoms with Crippen LogP contribution in [0, 0.1) is 6.92 Å². The Bertz CT molecular complexity index is 610. The highest BCUT2D eigenvalue weighted by molar-refractivity contribution is 5.83. The second kappa shape index (κ2) is 8.62. The number of esters is 1. The normalized spacial score (nSPS) is 19.4. The van der Waals surface area contributed by atoms with Gasteiger partial charge in [0.05, 0.1) is 13.2 Å². The van der Waals surface area contributed by atoms with Gasteiger partial charge in [0.25, 0.3) is 0 Å². The first-order valence-corrected chi connectivity index (χ1v) is 8.34. The van der Waals surface area contributed by atoms with Crippen LogP contribution in [0.15, 0.2) is 35.9 Å². The molecule has 1 aromatic rings. The number of hydrogen-bond acceptors (Lipinski definition) is 3. The molecule has 0 radical (unpaired) electrons. The van der Waals surface area contributed by atoms with Crippen molar-refractivity contribution in [2.75, 3.05) is 19.7 Å². The van der Waals surface area contributed by atoms with E-state index in [1.807, 2.05) is 31.2 Å². The summed E-state index contributed by atoms with van der Waals surface area (Å²) in [6, 6.07) is 8.06. The van der Waals surface area contributed by atoms with Crippen molar-refractivity contribution in [2.24, 2.45) is 0 Å². The number of benzene rings is 1. The van der Waals surface area contributed by atoms with Crippen LogP contribution in [0.1, 0.15) is 30.9 Å². The molecule has 130 valence electrons. The molecule has 1 saturated heterocycles. The fourth-order valence-corrected chi connectivity index (χ4v) is 2.71. The predicted molar refractivity (Wildman–Crippen MR) is 90.3 cm³/mol. The van der Waals surface area contributed by atoms with Crippen molar-refractivity contribution in [2.45, 2.75) is 39.3 Å². The van der Waals surface area contributed by atoms with Crippen LogP contribution in [0.4, 0.5) is 4.39 Å². The quantitative estimate of drug-likeness (QED) is 0.615. The number of amides is 1. The summed E-state index contributed by atoms with van der Waals surface area (Å²) >= 11 is 0. The second-order valence-corrected chi connectivity index (χ2v) is 6.01. The van der Waals surface area contributed by atoms with Crippen molar-refractivity contribution >= 4 is 11.9 Å². The summed E-state index contributed by atoms with van der Waals surface area (Å²) in [5.74, 6) is -0.567. The minimum atomic E-state index is -1.30. The minimum Gasteiger partial charge on any atom is -0.463 e. The zero-order valence-electron chi connectivity index (χ0n) is 14.3. The molecule has 1 fully saturated rings. The topological polar surface area (TPSA) is 46.6 Å². The van der Waals surface area contributed by atoms with Crippen molar-refractivity contribution in [1.82, 2.24) is 4.90 Å². The number of carbonyl (C=O) groups is 2. The standard InChI is InChI=1S/C19H24FNO3/c1-3-24-19(23)12-16-10-11-21(13-17(16)20)18(22)9-8-15-6-4-14(2)5-7-15/h4-7,12,17H,3,8-11,13H2,1-2H3/b16-12+. The summed E-state index contributed by atoms with van der Waals surface area (Å²) in [4.78, 5) is 25.2. The van der Waals surface area contributed by atoms with E-state index < -0.39 is 12.1 Å². The van der Waals surface area contributed by atoms with Crippen molar-refractivity contribution < 1.29 is 18.7 Å². The number of rotatable bonds is 5. The van der Waals surface area contributed by atoms with E-state index in [0.717, 1.165) is 5.56 Å². The van der Waals surface area contributed by atoms with Gasteiger partial charge in [0.1, 0.15) is 6.17 Å². The van der Waals surface area contributed by atoms with E-state index >= 15 is 0 Å². The Balaban J connectivity index is 1.84. The Morgan fingerprint density at radius 2 is 2.04 bits per heavy atom. The monoisotopic (exact) mass is 333 g/mol. The third-order valence-corrected chi connectivity index (χ3v) is 4.14. The fraction of sp³-hybridized carbons (Fsp3) is 0.474. The lowest BCUT2D eigenvalue weighted by Gasteiger charge is -2.31. The van der Waals surface area contributed by atoms with Crippen molar-refractivity contribution in [3.8, 4) is 0 Å². The van der Waals surface area contributed by atoms with Gasteiger partial charge in [-0.05, 0) is 37.8 Å². The van der Waals surface area contributed by atoms with Crippen LogP contribution >= 0.6 is 0 Å². The van der Waals surface area contributed by atoms with E-state index in [9.17, 15) is 14.0 Å². The molecule has 0 bridgehead atoms. The molecule has 2 rings (SSSR count). The summed E-state index contributed by atoms with van der Waals surface area (Å²) in [6.45, 7) is 4.45. The Hall–Kier alpha value is -2.17. The molecule has 1 heterocycles. The summed E-state index contributed by atoms with van der Waals surface area (Å²) in [7, 11) is 0. The smallest absolute Gasteiger partial charge is 0.330 e. The largest absolute Gasteiger partial charge is 0.463 e. The van der Waals surface area contributed by atoms with Crippen LogP contribution in [-0.4, -0.2) is 42.6 Å². The van der Waals surface area contributed by atoms with Gasteiger partial charge in [-0.15, -0.1) is 0 Å². The van der Waals surface area contributed by atoms with E-state index in [1.54, 1.807) is 11.8 Å². The molecular formula is C19H24FNO3. The van der Waals surface area contributed by atoms with Gasteiger partial charge in [0.2, 0.25) is 5.91 Å². The summed E-state index contributed by atoms with van der Waals surface area (Å²) in [6.07, 6.45) is 1.31. The average Bonchev–Trinajstić information content (AvgIpc) is 2.56. The van der Waals surface area contributed by atoms with Crippen LogP contribution in [-0.2, 0) is 20.7 Å². The first-order valence-electron chi connectivity index (χ1n) is 8.34. The van der Waals surface area contributed by atoms with Gasteiger partial charge < -0.3 is 9.64 Å². The second-order valence-electron chi connectivity index (χ2n) is 6.01. The molecule has 0 aromatic heterocycles. The van der Waals surface area contributed by atoms with Crippen LogP contribution in [0.25, 0.3) is 0 Å². The lowest BCUT2D eigenvalue weighted by molar-refractivity contribution is -0.137. The molecule has 0 aliphatic carbocycles. The number of likely N-dealkylation sites (tertiary alicyclic amines) is 1. The number of aryl methyl sites for hydroxylation is 2. The third-order valence-electron chi connectivity index (χ3n) is 4.14. The maximum atomic E-state index is 14.2. The number of hydrogen-bond donors (Lipinski definition) is 0. The van der Waals surface area contributed by atoms with Gasteiger partial charge in [0, 0.05) is 19.0 Å². The Morgan fingerprint density at radius 1 is 1.33 bits per heavy atom. The summed E-state index contributed by atoms with van der Waals surface area (Å²) in [5.41, 5.74) is 2.70. The van der Waals surface area contributed by atoms with Crippen LogP contribution < -0.4 is 0 Å². The lowest BCUT2D eigenvalue weighted by Crippen LogP contribution is -2.42. The van der Waals surface area contributed by atoms with E-state index in [-0.39, 0.29) is 19.1 Å². The molecule has 5 heteroatoms. The predicted octanol–water partition coefficient (Wildman–Crippen LogP) is 2.99. The van der Waals surface area contributed by atoms with E-state index in [4.69, 9.17) is 4.74 Å². The van der Waals surface area contributed by atoms with Gasteiger partial charge in [-0.2, -0.15) is 0 Å². The molecule has 1 aromatic carbocycles. The molecule has 0 N–H and O–H groups in total. The van der Waals surface area contributed by atoms with Crippen molar-refractivity contribution in [1.29, 1.82) is 0 Å². The van der Waals surface area contributed by atoms with Gasteiger partial charge in [-0.3, -0.25) is 4.79 Å². The minimum absolute atomic E-state index is 0.0119. The first kappa shape index (κ1) is 18.2. The zero-order valence-corrected chi connectivity index (χ0v) is 14.3. The van der Waals surface area contributed by atoms with Crippen LogP contribution in [0.2, 0.25) is 0 Å². The molecule has 24 heavy (non-hydrogen) atoms. The highest BCUT2D eigenvalue weighted by Gasteiger charge is 2.27. The summed E-state index contributed by atoms with van der Waals surface area (Å²) in [5, 5.41) is 0. The fourth-order valence-electron chi connectivity index (χ4n) is 2.71. The number of nitrogens with zero attached hydrogens (tertiary/aromatic N) is 1. The average molecular weight is 333 g/mol. The number of carbonyl (C=O) groups excluding carboxylic acids is 2. The van der Waals surface area contributed by atoms with E-state index in [2.05, 4.69) is 0 Å². The molecule has 0 spiro atoms. The van der Waals surface area contributed by atoms with Gasteiger partial charge >= 0.3 is 5.97 Å². The Morgan fingerprint density at radius 3 is 2.67 bits per heavy atom. The highest BCUT2D eigenvalue weighted by Crippen LogP contribution is 2.21. The van der Waals surface area contributed by atoms with Gasteiger partial charge in [-0.25, -0.2) is 9.18 Å². The maximum absolute atomic E-state index is 14.2. The molecule has 1 aliphatic heterocycles. The van der Waals surface area contributed by atoms with Crippen LogP contribution in [0.3, 0.4) is 0 Å². The first-order chi connectivity index (χ1) is 11.5. The highest BCUT2D eigenvalue weighted by atomic mass is 19.1. The van der Waals surface area contributed by atoms with Gasteiger partial charge in [0.15, 0.2) is 0 Å². The van der Waals surface area contributed by atoms with Crippen LogP contribution in [0.5, 0.6) is 0 Å². The maximum Gasteiger partial charge on any atom is 0.330 e. The number of halogens is 1. The number of piperidine rings is 1. The third kappa shape index (κ3) is 5.18. The van der Waals surface area contributed by atoms with Crippen molar-refractivity contribution in [3.63, 3.8) is 0 Å². The zero-order chi connectivity index (χ0) is 17.5. The number of ether oxygens (including phenoxy) is 1. The number of alkyl halides is 1. The molecule has 1 atom stereocenters. The molecule has 0 saturated carbocycles. The molecule has 1 amide bonds. The Labute approximate surface area is 142 Å². The van der Waals surface area contributed by atoms with Gasteiger partial charge in [-0.1, -0.05) is 29.8 Å². The Kier molecular flexibility index (Phi) is 6.53. The van der Waals surface area contributed by atoms with Crippen molar-refractivity contribution in [3.05, 3.63) is 47.0 Å². The SMILES string of the molecule is CCOC(=O)/C=C1\CCN(C(=O)CCc2ccc(C)cc2)CC1F. The van der Waals surface area contributed by atoms with E-state index in [1.165, 1.54) is 11.6 Å². The molecule has 4 nitrogen and oxygen atoms in total. The molecule has 1 unspecified atom stereocenters.